The fourth-order valence-electron chi connectivity index (χ4n) is 1.54. The molecule has 0 aromatic rings. The topological polar surface area (TPSA) is 26.3 Å². The van der Waals surface area contributed by atoms with Gasteiger partial charge in [0.15, 0.2) is 0 Å². The van der Waals surface area contributed by atoms with Crippen molar-refractivity contribution in [3.05, 3.63) is 21.9 Å². The maximum absolute atomic E-state index is 11.0. The number of carbonyl (C=O) groups excluding carboxylic acids is 1. The van der Waals surface area contributed by atoms with Crippen molar-refractivity contribution < 1.29 is 9.53 Å². The first-order valence-electron chi connectivity index (χ1n) is 4.11. The highest BCUT2D eigenvalue weighted by Crippen LogP contribution is 2.37. The van der Waals surface area contributed by atoms with E-state index in [0.717, 1.165) is 22.9 Å². The fraction of sp³-hybridized carbons (Fsp3) is 0.444. The van der Waals surface area contributed by atoms with Crippen molar-refractivity contribution in [1.29, 1.82) is 0 Å². The first-order valence-corrected chi connectivity index (χ1v) is 5.34. The molecule has 13 heavy (non-hydrogen) atoms. The van der Waals surface area contributed by atoms with Gasteiger partial charge >= 0.3 is 5.97 Å². The summed E-state index contributed by atoms with van der Waals surface area (Å²) < 4.78 is 5.92. The van der Waals surface area contributed by atoms with Crippen LogP contribution in [0.1, 0.15) is 19.3 Å². The van der Waals surface area contributed by atoms with E-state index in [1.165, 1.54) is 0 Å². The van der Waals surface area contributed by atoms with Gasteiger partial charge in [-0.15, -0.1) is 11.6 Å². The average molecular weight is 264 g/mol. The Balaban J connectivity index is 2.32. The summed E-state index contributed by atoms with van der Waals surface area (Å²) in [6, 6.07) is 0. The smallest absolute Gasteiger partial charge is 0.311 e. The van der Waals surface area contributed by atoms with Gasteiger partial charge in [0.05, 0.1) is 9.86 Å². The van der Waals surface area contributed by atoms with Crippen LogP contribution in [0.3, 0.4) is 0 Å². The summed E-state index contributed by atoms with van der Waals surface area (Å²) in [6.45, 7) is 0. The molecular formula is C9H8BrClO2. The van der Waals surface area contributed by atoms with Crippen LogP contribution in [0.4, 0.5) is 0 Å². The van der Waals surface area contributed by atoms with Crippen LogP contribution in [0.25, 0.3) is 0 Å². The molecule has 0 saturated heterocycles. The zero-order valence-electron chi connectivity index (χ0n) is 6.85. The van der Waals surface area contributed by atoms with Gasteiger partial charge in [-0.25, -0.2) is 0 Å². The number of allylic oxidation sites excluding steroid dienone is 3. The van der Waals surface area contributed by atoms with E-state index in [9.17, 15) is 4.79 Å². The van der Waals surface area contributed by atoms with Gasteiger partial charge < -0.3 is 4.74 Å². The zero-order valence-corrected chi connectivity index (χ0v) is 9.19. The summed E-state index contributed by atoms with van der Waals surface area (Å²) in [5.74, 6) is 0.533. The van der Waals surface area contributed by atoms with Gasteiger partial charge in [0.2, 0.25) is 0 Å². The fourth-order valence-corrected chi connectivity index (χ4v) is 2.69. The highest BCUT2D eigenvalue weighted by Gasteiger charge is 2.26. The number of alkyl halides is 1. The Morgan fingerprint density at radius 2 is 2.31 bits per heavy atom. The minimum Gasteiger partial charge on any atom is -0.425 e. The zero-order chi connectivity index (χ0) is 9.42. The van der Waals surface area contributed by atoms with Crippen molar-refractivity contribution in [2.45, 2.75) is 24.6 Å². The molecule has 0 aromatic carbocycles. The van der Waals surface area contributed by atoms with Crippen LogP contribution >= 0.6 is 27.5 Å². The average Bonchev–Trinajstić information content (AvgIpc) is 2.06. The standard InChI is InChI=1S/C9H8BrClO2/c10-7-4-6(11)3-5-1-2-8(12)13-9(5)7/h4,6H,1-3H2. The van der Waals surface area contributed by atoms with Crippen molar-refractivity contribution in [2.75, 3.05) is 0 Å². The Bertz CT molecular complexity index is 320. The Kier molecular flexibility index (Phi) is 2.47. The van der Waals surface area contributed by atoms with Gasteiger partial charge in [-0.05, 0) is 40.4 Å². The summed E-state index contributed by atoms with van der Waals surface area (Å²) in [5.41, 5.74) is 1.15. The lowest BCUT2D eigenvalue weighted by Gasteiger charge is -2.24. The molecule has 4 heteroatoms. The van der Waals surface area contributed by atoms with E-state index in [1.807, 2.05) is 6.08 Å². The molecule has 0 aromatic heterocycles. The number of halogens is 2. The lowest BCUT2D eigenvalue weighted by Crippen LogP contribution is -2.18. The van der Waals surface area contributed by atoms with E-state index in [1.54, 1.807) is 0 Å². The van der Waals surface area contributed by atoms with Crippen LogP contribution in [0.5, 0.6) is 0 Å². The van der Waals surface area contributed by atoms with Gasteiger partial charge in [0, 0.05) is 6.42 Å². The van der Waals surface area contributed by atoms with Crippen molar-refractivity contribution in [3.8, 4) is 0 Å². The third-order valence-corrected chi connectivity index (χ3v) is 3.06. The minimum atomic E-state index is -0.155. The minimum absolute atomic E-state index is 0.0185. The van der Waals surface area contributed by atoms with Crippen LogP contribution in [0.15, 0.2) is 21.9 Å². The Hall–Kier alpha value is -0.280. The molecule has 0 amide bonds. The molecule has 1 aliphatic heterocycles. The molecule has 1 atom stereocenters. The lowest BCUT2D eigenvalue weighted by atomic mass is 9.97. The molecule has 2 aliphatic rings. The number of hydrogen-bond acceptors (Lipinski definition) is 2. The summed E-state index contributed by atoms with van der Waals surface area (Å²) in [7, 11) is 0. The van der Waals surface area contributed by atoms with Crippen molar-refractivity contribution >= 4 is 33.5 Å². The monoisotopic (exact) mass is 262 g/mol. The van der Waals surface area contributed by atoms with Crippen molar-refractivity contribution in [2.24, 2.45) is 0 Å². The molecule has 0 N–H and O–H groups in total. The van der Waals surface area contributed by atoms with Gasteiger partial charge in [0.1, 0.15) is 5.76 Å². The van der Waals surface area contributed by atoms with E-state index in [4.69, 9.17) is 16.3 Å². The maximum atomic E-state index is 11.0. The molecule has 0 spiro atoms. The SMILES string of the molecule is O=C1CCC2=C(O1)C(Br)=CC(Cl)C2. The highest BCUT2D eigenvalue weighted by molar-refractivity contribution is 9.12. The first-order chi connectivity index (χ1) is 6.16. The van der Waals surface area contributed by atoms with Crippen LogP contribution in [-0.4, -0.2) is 11.3 Å². The second kappa shape index (κ2) is 3.46. The van der Waals surface area contributed by atoms with E-state index in [2.05, 4.69) is 15.9 Å². The molecule has 0 saturated carbocycles. The number of hydrogen-bond donors (Lipinski definition) is 0. The normalized spacial score (nSPS) is 28.0. The molecule has 2 nitrogen and oxygen atoms in total. The Morgan fingerprint density at radius 3 is 3.08 bits per heavy atom. The van der Waals surface area contributed by atoms with Crippen LogP contribution in [-0.2, 0) is 9.53 Å². The van der Waals surface area contributed by atoms with E-state index >= 15 is 0 Å². The molecule has 0 bridgehead atoms. The quantitative estimate of drug-likeness (QED) is 0.496. The van der Waals surface area contributed by atoms with Crippen LogP contribution < -0.4 is 0 Å². The second-order valence-corrected chi connectivity index (χ2v) is 4.56. The van der Waals surface area contributed by atoms with Crippen LogP contribution in [0, 0.1) is 0 Å². The first kappa shape index (κ1) is 9.28. The Morgan fingerprint density at radius 1 is 1.54 bits per heavy atom. The van der Waals surface area contributed by atoms with Crippen molar-refractivity contribution in [3.63, 3.8) is 0 Å². The molecule has 1 aliphatic carbocycles. The second-order valence-electron chi connectivity index (χ2n) is 3.14. The maximum Gasteiger partial charge on any atom is 0.311 e. The number of ether oxygens (including phenoxy) is 1. The van der Waals surface area contributed by atoms with E-state index in [-0.39, 0.29) is 11.3 Å². The third kappa shape index (κ3) is 1.81. The predicted octanol–water partition coefficient (Wildman–Crippen LogP) is 2.87. The summed E-state index contributed by atoms with van der Waals surface area (Å²) in [5, 5.41) is 0.0185. The van der Waals surface area contributed by atoms with Gasteiger partial charge in [-0.2, -0.15) is 0 Å². The van der Waals surface area contributed by atoms with E-state index in [0.29, 0.717) is 12.2 Å². The summed E-state index contributed by atoms with van der Waals surface area (Å²) in [4.78, 5) is 11.0. The van der Waals surface area contributed by atoms with E-state index < -0.39 is 0 Å². The number of esters is 1. The number of carbonyl (C=O) groups is 1. The molecule has 0 fully saturated rings. The predicted molar refractivity (Wildman–Crippen MR) is 53.6 cm³/mol. The Labute approximate surface area is 89.7 Å². The molecule has 1 unspecified atom stereocenters. The lowest BCUT2D eigenvalue weighted by molar-refractivity contribution is -0.140. The van der Waals surface area contributed by atoms with Gasteiger partial charge in [-0.3, -0.25) is 4.79 Å². The van der Waals surface area contributed by atoms with Gasteiger partial charge in [-0.1, -0.05) is 0 Å². The molecule has 0 radical (unpaired) electrons. The number of rotatable bonds is 0. The largest absolute Gasteiger partial charge is 0.425 e. The highest BCUT2D eigenvalue weighted by atomic mass is 79.9. The summed E-state index contributed by atoms with van der Waals surface area (Å²) in [6.07, 6.45) is 3.90. The third-order valence-electron chi connectivity index (χ3n) is 2.15. The summed E-state index contributed by atoms with van der Waals surface area (Å²) >= 11 is 9.33. The molecule has 1 heterocycles. The van der Waals surface area contributed by atoms with Crippen molar-refractivity contribution in [1.82, 2.24) is 0 Å². The molecule has 70 valence electrons. The van der Waals surface area contributed by atoms with Gasteiger partial charge in [0.25, 0.3) is 0 Å². The van der Waals surface area contributed by atoms with Crippen LogP contribution in [0.2, 0.25) is 0 Å². The molecular weight excluding hydrogens is 255 g/mol. The molecule has 2 rings (SSSR count).